The molecule has 0 aliphatic heterocycles. The number of fused-ring (bicyclic) bond motifs is 1. The number of imidazole rings is 1. The quantitative estimate of drug-likeness (QED) is 0.456. The van der Waals surface area contributed by atoms with Crippen molar-refractivity contribution in [3.8, 4) is 6.07 Å². The summed E-state index contributed by atoms with van der Waals surface area (Å²) >= 11 is 0. The molecule has 0 bridgehead atoms. The minimum Gasteiger partial charge on any atom is -0.506 e. The third kappa shape index (κ3) is 3.90. The molecule has 32 heavy (non-hydrogen) atoms. The molecule has 0 amide bonds. The highest BCUT2D eigenvalue weighted by Crippen LogP contribution is 2.29. The molecule has 1 aromatic heterocycles. The Bertz CT molecular complexity index is 1310. The summed E-state index contributed by atoms with van der Waals surface area (Å²) in [5.74, 6) is 0.107. The second-order valence-electron chi connectivity index (χ2n) is 8.16. The molecule has 0 unspecified atom stereocenters. The number of aliphatic hydroxyl groups is 1. The minimum absolute atomic E-state index is 0.0180. The zero-order chi connectivity index (χ0) is 22.9. The van der Waals surface area contributed by atoms with Crippen LogP contribution in [0.3, 0.4) is 0 Å². The van der Waals surface area contributed by atoms with E-state index < -0.39 is 10.0 Å². The van der Waals surface area contributed by atoms with Crippen molar-refractivity contribution in [1.82, 2.24) is 13.9 Å². The number of sulfonamides is 1. The summed E-state index contributed by atoms with van der Waals surface area (Å²) in [6, 6.07) is 15.5. The predicted molar refractivity (Wildman–Crippen MR) is 124 cm³/mol. The fourth-order valence-corrected chi connectivity index (χ4v) is 5.73. The Morgan fingerprint density at radius 3 is 2.41 bits per heavy atom. The maximum Gasteiger partial charge on any atom is 0.243 e. The number of nitrogens with zero attached hydrogens (tertiary/aromatic N) is 4. The van der Waals surface area contributed by atoms with Crippen LogP contribution in [0.15, 0.2) is 53.4 Å². The van der Waals surface area contributed by atoms with Crippen molar-refractivity contribution in [2.45, 2.75) is 43.0 Å². The molecule has 8 heteroatoms. The third-order valence-corrected chi connectivity index (χ3v) is 8.18. The van der Waals surface area contributed by atoms with Gasteiger partial charge in [-0.3, -0.25) is 0 Å². The number of rotatable bonds is 5. The molecule has 1 N–H and O–H groups in total. The van der Waals surface area contributed by atoms with Crippen LogP contribution in [0.4, 0.5) is 0 Å². The molecule has 0 spiro atoms. The van der Waals surface area contributed by atoms with Crippen LogP contribution in [0.1, 0.15) is 43.5 Å². The molecule has 3 aromatic rings. The molecular weight excluding hydrogens is 424 g/mol. The Morgan fingerprint density at radius 1 is 1.12 bits per heavy atom. The van der Waals surface area contributed by atoms with Gasteiger partial charge in [-0.2, -0.15) is 9.57 Å². The van der Waals surface area contributed by atoms with E-state index in [1.165, 1.54) is 28.6 Å². The highest BCUT2D eigenvalue weighted by molar-refractivity contribution is 7.89. The molecule has 1 saturated carbocycles. The van der Waals surface area contributed by atoms with E-state index in [-0.39, 0.29) is 22.3 Å². The molecule has 0 radical (unpaired) electrons. The Hall–Kier alpha value is -3.15. The van der Waals surface area contributed by atoms with Crippen molar-refractivity contribution in [3.63, 3.8) is 0 Å². The van der Waals surface area contributed by atoms with E-state index in [4.69, 9.17) is 0 Å². The number of aromatic nitrogens is 2. The lowest BCUT2D eigenvalue weighted by Crippen LogP contribution is -2.38. The summed E-state index contributed by atoms with van der Waals surface area (Å²) in [6.45, 7) is 0. The maximum atomic E-state index is 13.1. The smallest absolute Gasteiger partial charge is 0.243 e. The lowest BCUT2D eigenvalue weighted by molar-refractivity contribution is 0.286. The van der Waals surface area contributed by atoms with Crippen molar-refractivity contribution in [1.29, 1.82) is 5.26 Å². The average Bonchev–Trinajstić information content (AvgIpc) is 3.16. The topological polar surface area (TPSA) is 99.2 Å². The molecule has 1 heterocycles. The normalized spacial score (nSPS) is 16.2. The van der Waals surface area contributed by atoms with Gasteiger partial charge in [0, 0.05) is 25.7 Å². The summed E-state index contributed by atoms with van der Waals surface area (Å²) in [4.78, 5) is 4.65. The van der Waals surface area contributed by atoms with Crippen molar-refractivity contribution in [3.05, 3.63) is 59.9 Å². The highest BCUT2D eigenvalue weighted by atomic mass is 32.2. The van der Waals surface area contributed by atoms with Gasteiger partial charge >= 0.3 is 0 Å². The van der Waals surface area contributed by atoms with Crippen LogP contribution in [-0.4, -0.2) is 40.5 Å². The summed E-state index contributed by atoms with van der Waals surface area (Å²) < 4.78 is 29.3. The lowest BCUT2D eigenvalue weighted by Gasteiger charge is -2.30. The van der Waals surface area contributed by atoms with Gasteiger partial charge in [0.1, 0.15) is 17.4 Å². The minimum atomic E-state index is -3.63. The summed E-state index contributed by atoms with van der Waals surface area (Å²) in [5.41, 5.74) is 1.94. The second kappa shape index (κ2) is 8.77. The van der Waals surface area contributed by atoms with Crippen molar-refractivity contribution < 1.29 is 13.5 Å². The fraction of sp³-hybridized carbons (Fsp3) is 0.333. The van der Waals surface area contributed by atoms with Gasteiger partial charge in [-0.15, -0.1) is 0 Å². The molecule has 1 aliphatic carbocycles. The monoisotopic (exact) mass is 450 g/mol. The standard InChI is InChI=1S/C24H26N4O3S/c1-27-22-11-7-6-10-21(22)26-24(27)20(16-25)23(29)17-12-14-19(15-13-17)32(30,31)28(2)18-8-4-3-5-9-18/h6-7,10-15,18,29H,3-5,8-9H2,1-2H3. The molecule has 0 atom stereocenters. The van der Waals surface area contributed by atoms with Gasteiger partial charge in [0.25, 0.3) is 0 Å². The fourth-order valence-electron chi connectivity index (χ4n) is 4.31. The zero-order valence-corrected chi connectivity index (χ0v) is 19.0. The molecule has 2 aromatic carbocycles. The summed E-state index contributed by atoms with van der Waals surface area (Å²) in [6.07, 6.45) is 4.99. The van der Waals surface area contributed by atoms with Gasteiger partial charge in [-0.1, -0.05) is 31.4 Å². The van der Waals surface area contributed by atoms with E-state index in [9.17, 15) is 18.8 Å². The van der Waals surface area contributed by atoms with E-state index in [0.717, 1.165) is 43.1 Å². The van der Waals surface area contributed by atoms with Gasteiger partial charge in [0.15, 0.2) is 5.82 Å². The lowest BCUT2D eigenvalue weighted by atomic mass is 9.96. The molecule has 1 aliphatic rings. The van der Waals surface area contributed by atoms with Crippen LogP contribution in [0.5, 0.6) is 0 Å². The van der Waals surface area contributed by atoms with Gasteiger partial charge in [0.05, 0.1) is 15.9 Å². The average molecular weight is 451 g/mol. The van der Waals surface area contributed by atoms with Crippen LogP contribution >= 0.6 is 0 Å². The summed E-state index contributed by atoms with van der Waals surface area (Å²) in [7, 11) is -0.210. The number of benzene rings is 2. The van der Waals surface area contributed by atoms with Gasteiger partial charge < -0.3 is 9.67 Å². The number of aliphatic hydroxyl groups excluding tert-OH is 1. The van der Waals surface area contributed by atoms with E-state index in [1.54, 1.807) is 18.7 Å². The SMILES string of the molecule is CN(C1CCCCC1)S(=O)(=O)c1ccc(C(O)=C(C#N)c2nc3ccccc3n2C)cc1. The van der Waals surface area contributed by atoms with Crippen LogP contribution in [-0.2, 0) is 17.1 Å². The molecule has 4 rings (SSSR count). The van der Waals surface area contributed by atoms with Crippen LogP contribution in [0.2, 0.25) is 0 Å². The Balaban J connectivity index is 1.67. The highest BCUT2D eigenvalue weighted by Gasteiger charge is 2.29. The number of para-hydroxylation sites is 2. The maximum absolute atomic E-state index is 13.1. The van der Waals surface area contributed by atoms with Crippen LogP contribution in [0.25, 0.3) is 22.4 Å². The second-order valence-corrected chi connectivity index (χ2v) is 10.2. The molecule has 166 valence electrons. The third-order valence-electron chi connectivity index (χ3n) is 6.25. The van der Waals surface area contributed by atoms with Gasteiger partial charge in [0.2, 0.25) is 10.0 Å². The number of hydrogen-bond acceptors (Lipinski definition) is 5. The van der Waals surface area contributed by atoms with Gasteiger partial charge in [-0.05, 0) is 49.2 Å². The van der Waals surface area contributed by atoms with E-state index in [2.05, 4.69) is 4.98 Å². The van der Waals surface area contributed by atoms with Crippen molar-refractivity contribution >= 4 is 32.4 Å². The van der Waals surface area contributed by atoms with E-state index in [1.807, 2.05) is 30.3 Å². The Kier molecular flexibility index (Phi) is 6.04. The number of aryl methyl sites for hydroxylation is 1. The Morgan fingerprint density at radius 2 is 1.78 bits per heavy atom. The van der Waals surface area contributed by atoms with Gasteiger partial charge in [-0.25, -0.2) is 13.4 Å². The zero-order valence-electron chi connectivity index (χ0n) is 18.2. The molecule has 7 nitrogen and oxygen atoms in total. The van der Waals surface area contributed by atoms with Crippen LogP contribution < -0.4 is 0 Å². The van der Waals surface area contributed by atoms with Crippen molar-refractivity contribution in [2.24, 2.45) is 7.05 Å². The largest absolute Gasteiger partial charge is 0.506 e. The summed E-state index contributed by atoms with van der Waals surface area (Å²) in [5, 5.41) is 20.6. The van der Waals surface area contributed by atoms with Crippen molar-refractivity contribution in [2.75, 3.05) is 7.05 Å². The molecular formula is C24H26N4O3S. The first-order valence-corrected chi connectivity index (χ1v) is 12.1. The van der Waals surface area contributed by atoms with E-state index in [0.29, 0.717) is 11.4 Å². The molecule has 0 saturated heterocycles. The number of allylic oxidation sites excluding steroid dienone is 1. The van der Waals surface area contributed by atoms with E-state index >= 15 is 0 Å². The number of hydrogen-bond donors (Lipinski definition) is 1. The predicted octanol–water partition coefficient (Wildman–Crippen LogP) is 4.48. The first-order chi connectivity index (χ1) is 15.3. The first-order valence-electron chi connectivity index (χ1n) is 10.7. The number of nitriles is 1. The first kappa shape index (κ1) is 22.1. The molecule has 1 fully saturated rings. The Labute approximate surface area is 188 Å². The van der Waals surface area contributed by atoms with Crippen LogP contribution in [0, 0.1) is 11.3 Å².